The lowest BCUT2D eigenvalue weighted by molar-refractivity contribution is 0.530. The third-order valence-corrected chi connectivity index (χ3v) is 3.51. The van der Waals surface area contributed by atoms with E-state index in [1.54, 1.807) is 11.2 Å². The van der Waals surface area contributed by atoms with Crippen LogP contribution in [0, 0.1) is 0 Å². The first kappa shape index (κ1) is 15.1. The lowest BCUT2D eigenvalue weighted by Crippen LogP contribution is -2.34. The Hall–Kier alpha value is -0.940. The first-order chi connectivity index (χ1) is 8.65. The Morgan fingerprint density at radius 3 is 2.89 bits per heavy atom. The SMILES string of the molecule is CCCCNC(=S)N(C)/N=C/c1ccccc1Br. The molecular formula is C13H18BrN3S. The van der Waals surface area contributed by atoms with E-state index in [-0.39, 0.29) is 0 Å². The molecule has 0 spiro atoms. The number of hydrogen-bond acceptors (Lipinski definition) is 2. The van der Waals surface area contributed by atoms with Crippen molar-refractivity contribution in [3.05, 3.63) is 34.3 Å². The second-order valence-corrected chi connectivity index (χ2v) is 5.12. The fourth-order valence-electron chi connectivity index (χ4n) is 1.27. The second kappa shape index (κ2) is 8.21. The summed E-state index contributed by atoms with van der Waals surface area (Å²) in [6.45, 7) is 3.05. The molecule has 0 aliphatic rings. The highest BCUT2D eigenvalue weighted by molar-refractivity contribution is 9.10. The van der Waals surface area contributed by atoms with Gasteiger partial charge in [0.1, 0.15) is 0 Å². The highest BCUT2D eigenvalue weighted by Crippen LogP contribution is 2.13. The van der Waals surface area contributed by atoms with Crippen molar-refractivity contribution in [2.75, 3.05) is 13.6 Å². The van der Waals surface area contributed by atoms with E-state index in [4.69, 9.17) is 12.2 Å². The summed E-state index contributed by atoms with van der Waals surface area (Å²) in [6, 6.07) is 7.93. The maximum atomic E-state index is 5.23. The quantitative estimate of drug-likeness (QED) is 0.389. The Balaban J connectivity index is 2.51. The largest absolute Gasteiger partial charge is 0.361 e. The molecule has 3 nitrogen and oxygen atoms in total. The Morgan fingerprint density at radius 2 is 2.22 bits per heavy atom. The zero-order valence-corrected chi connectivity index (χ0v) is 13.1. The minimum Gasteiger partial charge on any atom is -0.361 e. The molecule has 0 unspecified atom stereocenters. The fraction of sp³-hybridized carbons (Fsp3) is 0.385. The molecule has 0 saturated heterocycles. The van der Waals surface area contributed by atoms with Crippen molar-refractivity contribution in [3.8, 4) is 0 Å². The van der Waals surface area contributed by atoms with Gasteiger partial charge in [-0.2, -0.15) is 5.10 Å². The Morgan fingerprint density at radius 1 is 1.50 bits per heavy atom. The summed E-state index contributed by atoms with van der Waals surface area (Å²) in [5, 5.41) is 9.79. The number of nitrogens with one attached hydrogen (secondary N) is 1. The van der Waals surface area contributed by atoms with E-state index in [9.17, 15) is 0 Å². The number of thiocarbonyl (C=S) groups is 1. The van der Waals surface area contributed by atoms with Gasteiger partial charge in [0, 0.05) is 23.6 Å². The third kappa shape index (κ3) is 5.14. The van der Waals surface area contributed by atoms with Gasteiger partial charge in [0.15, 0.2) is 5.11 Å². The molecule has 0 atom stereocenters. The van der Waals surface area contributed by atoms with Gasteiger partial charge in [0.25, 0.3) is 0 Å². The molecule has 1 N–H and O–H groups in total. The standard InChI is InChI=1S/C13H18BrN3S/c1-3-4-9-15-13(18)17(2)16-10-11-7-5-6-8-12(11)14/h5-8,10H,3-4,9H2,1-2H3,(H,15,18)/b16-10+. The van der Waals surface area contributed by atoms with Crippen molar-refractivity contribution in [2.24, 2.45) is 5.10 Å². The molecule has 0 bridgehead atoms. The topological polar surface area (TPSA) is 27.6 Å². The van der Waals surface area contributed by atoms with Crippen LogP contribution in [-0.2, 0) is 0 Å². The van der Waals surface area contributed by atoms with E-state index in [0.29, 0.717) is 5.11 Å². The Labute approximate surface area is 122 Å². The number of benzene rings is 1. The molecule has 1 aromatic carbocycles. The van der Waals surface area contributed by atoms with E-state index in [1.807, 2.05) is 31.3 Å². The van der Waals surface area contributed by atoms with Gasteiger partial charge in [-0.15, -0.1) is 0 Å². The molecule has 18 heavy (non-hydrogen) atoms. The number of hydrogen-bond donors (Lipinski definition) is 1. The van der Waals surface area contributed by atoms with Gasteiger partial charge in [0.2, 0.25) is 0 Å². The van der Waals surface area contributed by atoms with Gasteiger partial charge in [-0.05, 0) is 24.7 Å². The lowest BCUT2D eigenvalue weighted by Gasteiger charge is -2.15. The number of halogens is 1. The van der Waals surface area contributed by atoms with Crippen LogP contribution in [0.4, 0.5) is 0 Å². The van der Waals surface area contributed by atoms with E-state index in [0.717, 1.165) is 29.4 Å². The molecule has 98 valence electrons. The number of unbranched alkanes of at least 4 members (excludes halogenated alkanes) is 1. The van der Waals surface area contributed by atoms with Crippen molar-refractivity contribution < 1.29 is 0 Å². The Bertz CT molecular complexity index is 420. The molecule has 0 radical (unpaired) electrons. The summed E-state index contributed by atoms with van der Waals surface area (Å²) in [5.74, 6) is 0. The summed E-state index contributed by atoms with van der Waals surface area (Å²) in [4.78, 5) is 0. The summed E-state index contributed by atoms with van der Waals surface area (Å²) in [5.41, 5.74) is 1.03. The van der Waals surface area contributed by atoms with E-state index in [1.165, 1.54) is 0 Å². The molecule has 0 aliphatic heterocycles. The summed E-state index contributed by atoms with van der Waals surface area (Å²) in [6.07, 6.45) is 4.05. The van der Waals surface area contributed by atoms with Gasteiger partial charge in [-0.3, -0.25) is 0 Å². The van der Waals surface area contributed by atoms with Crippen molar-refractivity contribution >= 4 is 39.5 Å². The maximum absolute atomic E-state index is 5.23. The van der Waals surface area contributed by atoms with E-state index < -0.39 is 0 Å². The molecule has 0 amide bonds. The van der Waals surface area contributed by atoms with E-state index >= 15 is 0 Å². The third-order valence-electron chi connectivity index (χ3n) is 2.38. The summed E-state index contributed by atoms with van der Waals surface area (Å²) < 4.78 is 1.02. The average Bonchev–Trinajstić information content (AvgIpc) is 2.37. The van der Waals surface area contributed by atoms with Crippen LogP contribution < -0.4 is 5.32 Å². The van der Waals surface area contributed by atoms with Gasteiger partial charge < -0.3 is 5.32 Å². The zero-order valence-electron chi connectivity index (χ0n) is 10.7. The van der Waals surface area contributed by atoms with Crippen molar-refractivity contribution in [3.63, 3.8) is 0 Å². The van der Waals surface area contributed by atoms with Crippen molar-refractivity contribution in [1.29, 1.82) is 0 Å². The second-order valence-electron chi connectivity index (χ2n) is 3.88. The minimum atomic E-state index is 0.645. The van der Waals surface area contributed by atoms with Crippen LogP contribution in [0.2, 0.25) is 0 Å². The summed E-state index contributed by atoms with van der Waals surface area (Å²) >= 11 is 8.70. The Kier molecular flexibility index (Phi) is 6.90. The molecule has 0 saturated carbocycles. The molecule has 1 rings (SSSR count). The number of rotatable bonds is 5. The molecule has 0 fully saturated rings. The van der Waals surface area contributed by atoms with Crippen LogP contribution in [0.15, 0.2) is 33.8 Å². The normalized spacial score (nSPS) is 10.6. The molecule has 0 aromatic heterocycles. The predicted molar refractivity (Wildman–Crippen MR) is 85.0 cm³/mol. The first-order valence-electron chi connectivity index (χ1n) is 5.95. The smallest absolute Gasteiger partial charge is 0.189 e. The van der Waals surface area contributed by atoms with Crippen molar-refractivity contribution in [2.45, 2.75) is 19.8 Å². The fourth-order valence-corrected chi connectivity index (χ4v) is 1.80. The monoisotopic (exact) mass is 327 g/mol. The molecule has 1 aromatic rings. The van der Waals surface area contributed by atoms with Crippen LogP contribution >= 0.6 is 28.1 Å². The number of hydrazone groups is 1. The highest BCUT2D eigenvalue weighted by atomic mass is 79.9. The minimum absolute atomic E-state index is 0.645. The van der Waals surface area contributed by atoms with Crippen LogP contribution in [-0.4, -0.2) is 29.9 Å². The van der Waals surface area contributed by atoms with Gasteiger partial charge >= 0.3 is 0 Å². The maximum Gasteiger partial charge on any atom is 0.189 e. The predicted octanol–water partition coefficient (Wildman–Crippen LogP) is 3.39. The molecule has 0 heterocycles. The highest BCUT2D eigenvalue weighted by Gasteiger charge is 2.00. The van der Waals surface area contributed by atoms with Crippen LogP contribution in [0.1, 0.15) is 25.3 Å². The van der Waals surface area contributed by atoms with Crippen LogP contribution in [0.5, 0.6) is 0 Å². The van der Waals surface area contributed by atoms with Gasteiger partial charge in [-0.1, -0.05) is 47.5 Å². The zero-order chi connectivity index (χ0) is 13.4. The van der Waals surface area contributed by atoms with E-state index in [2.05, 4.69) is 33.3 Å². The summed E-state index contributed by atoms with van der Waals surface area (Å²) in [7, 11) is 1.84. The van der Waals surface area contributed by atoms with Crippen molar-refractivity contribution in [1.82, 2.24) is 10.3 Å². The molecule has 5 heteroatoms. The van der Waals surface area contributed by atoms with Gasteiger partial charge in [0.05, 0.1) is 6.21 Å². The lowest BCUT2D eigenvalue weighted by atomic mass is 10.2. The number of nitrogens with zero attached hydrogens (tertiary/aromatic N) is 2. The van der Waals surface area contributed by atoms with Crippen LogP contribution in [0.25, 0.3) is 0 Å². The first-order valence-corrected chi connectivity index (χ1v) is 7.15. The van der Waals surface area contributed by atoms with Gasteiger partial charge in [-0.25, -0.2) is 5.01 Å². The average molecular weight is 328 g/mol. The molecular weight excluding hydrogens is 310 g/mol. The van der Waals surface area contributed by atoms with Crippen LogP contribution in [0.3, 0.4) is 0 Å². The molecule has 0 aliphatic carbocycles.